The summed E-state index contributed by atoms with van der Waals surface area (Å²) in [5.74, 6) is -0.672. The van der Waals surface area contributed by atoms with Crippen LogP contribution in [-0.2, 0) is 23.4 Å². The van der Waals surface area contributed by atoms with Gasteiger partial charge in [0.2, 0.25) is 0 Å². The Hall–Kier alpha value is -3.81. The molecule has 1 saturated heterocycles. The second-order valence-electron chi connectivity index (χ2n) is 10.6. The number of carbonyl (C=O) groups is 1. The van der Waals surface area contributed by atoms with E-state index < -0.39 is 67.8 Å². The Kier molecular flexibility index (Phi) is 8.34. The average Bonchev–Trinajstić information content (AvgIpc) is 3.40. The van der Waals surface area contributed by atoms with Gasteiger partial charge in [-0.3, -0.25) is 23.7 Å². The fourth-order valence-corrected chi connectivity index (χ4v) is 6.24. The van der Waals surface area contributed by atoms with Gasteiger partial charge in [-0.25, -0.2) is 13.8 Å². The van der Waals surface area contributed by atoms with E-state index in [9.17, 15) is 24.1 Å². The number of fused-ring (bicyclic) bond motifs is 3. The normalized spacial score (nSPS) is 24.3. The number of benzene rings is 2. The topological polar surface area (TPSA) is 171 Å². The number of H-pyrrole nitrogens is 1. The zero-order chi connectivity index (χ0) is 31.1. The van der Waals surface area contributed by atoms with Gasteiger partial charge in [0.05, 0.1) is 12.7 Å². The van der Waals surface area contributed by atoms with Crippen molar-refractivity contribution in [3.05, 3.63) is 75.6 Å². The van der Waals surface area contributed by atoms with Gasteiger partial charge in [0.1, 0.15) is 35.2 Å². The molecule has 1 aliphatic heterocycles. The van der Waals surface area contributed by atoms with Crippen molar-refractivity contribution in [2.75, 3.05) is 6.61 Å². The summed E-state index contributed by atoms with van der Waals surface area (Å²) in [6.07, 6.45) is -4.35. The highest BCUT2D eigenvalue weighted by molar-refractivity contribution is 7.52. The monoisotopic (exact) mass is 619 g/mol. The maximum atomic E-state index is 15.7. The number of nitrogens with one attached hydrogen (secondary N) is 2. The molecule has 0 amide bonds. The predicted molar refractivity (Wildman–Crippen MR) is 152 cm³/mol. The molecule has 1 aliphatic rings. The maximum absolute atomic E-state index is 15.7. The number of furan rings is 1. The molecule has 0 spiro atoms. The largest absolute Gasteiger partial charge is 0.462 e. The van der Waals surface area contributed by atoms with Gasteiger partial charge in [-0.05, 0) is 45.9 Å². The molecular weight excluding hydrogens is 588 g/mol. The minimum atomic E-state index is -4.46. The van der Waals surface area contributed by atoms with E-state index in [1.165, 1.54) is 19.1 Å². The maximum Gasteiger partial charge on any atom is 0.459 e. The van der Waals surface area contributed by atoms with Crippen molar-refractivity contribution in [3.8, 4) is 5.75 Å². The smallest absolute Gasteiger partial charge is 0.459 e. The number of hydrogen-bond donors (Lipinski definition) is 3. The van der Waals surface area contributed by atoms with Crippen LogP contribution in [0.4, 0.5) is 4.39 Å². The third kappa shape index (κ3) is 6.29. The summed E-state index contributed by atoms with van der Waals surface area (Å²) in [5, 5.41) is 14.9. The van der Waals surface area contributed by atoms with Crippen LogP contribution in [0.3, 0.4) is 0 Å². The van der Waals surface area contributed by atoms with Gasteiger partial charge < -0.3 is 23.5 Å². The number of nitrogens with zero attached hydrogens (tertiary/aromatic N) is 1. The lowest BCUT2D eigenvalue weighted by Crippen LogP contribution is -2.43. The quantitative estimate of drug-likeness (QED) is 0.175. The number of hydrogen-bond acceptors (Lipinski definition) is 10. The number of aromatic nitrogens is 2. The van der Waals surface area contributed by atoms with E-state index in [-0.39, 0.29) is 5.75 Å². The number of carbonyl (C=O) groups excluding carboxylic acids is 1. The van der Waals surface area contributed by atoms with Gasteiger partial charge >= 0.3 is 19.4 Å². The van der Waals surface area contributed by atoms with E-state index in [4.69, 9.17) is 22.9 Å². The van der Waals surface area contributed by atoms with E-state index in [2.05, 4.69) is 5.09 Å². The predicted octanol–water partition coefficient (Wildman–Crippen LogP) is 3.56. The summed E-state index contributed by atoms with van der Waals surface area (Å²) in [4.78, 5) is 38.2. The first-order valence-electron chi connectivity index (χ1n) is 13.4. The minimum absolute atomic E-state index is 0.0627. The molecule has 2 aromatic carbocycles. The van der Waals surface area contributed by atoms with Crippen LogP contribution in [0, 0.1) is 0 Å². The number of esters is 1. The Labute approximate surface area is 244 Å². The van der Waals surface area contributed by atoms with Crippen LogP contribution in [0.2, 0.25) is 0 Å². The number of halogens is 1. The van der Waals surface area contributed by atoms with Gasteiger partial charge in [-0.1, -0.05) is 18.2 Å². The van der Waals surface area contributed by atoms with Crippen molar-refractivity contribution < 1.29 is 41.8 Å². The first-order chi connectivity index (χ1) is 20.3. The third-order valence-electron chi connectivity index (χ3n) is 6.86. The second kappa shape index (κ2) is 11.7. The zero-order valence-corrected chi connectivity index (χ0v) is 24.6. The number of ether oxygens (including phenoxy) is 2. The summed E-state index contributed by atoms with van der Waals surface area (Å²) in [5.41, 5.74) is -3.10. The van der Waals surface area contributed by atoms with Gasteiger partial charge in [-0.15, -0.1) is 0 Å². The van der Waals surface area contributed by atoms with Crippen LogP contribution in [0.25, 0.3) is 21.9 Å². The molecule has 5 rings (SSSR count). The molecule has 0 radical (unpaired) electrons. The summed E-state index contributed by atoms with van der Waals surface area (Å²) < 4.78 is 58.5. The summed E-state index contributed by atoms with van der Waals surface area (Å²) in [6.45, 7) is 5.02. The number of aromatic amines is 1. The van der Waals surface area contributed by atoms with Crippen molar-refractivity contribution in [1.29, 1.82) is 0 Å². The lowest BCUT2D eigenvalue weighted by Gasteiger charge is -2.25. The fraction of sp³-hybridized carbons (Fsp3) is 0.393. The van der Waals surface area contributed by atoms with Crippen molar-refractivity contribution in [2.24, 2.45) is 0 Å². The Morgan fingerprint density at radius 3 is 2.60 bits per heavy atom. The third-order valence-corrected chi connectivity index (χ3v) is 8.51. The standard InChI is InChI=1S/C28H31FN3O10P/c1-15(2)39-25(35)16(3)31-43(37,42-17-9-10-19-18-7-5-6-8-20(18)40-21(19)13-17)38-14-22-24(34)28(4,29)26(41-22)32-12-11-23(33)30-27(32)36/h5-13,15-16,22,24,26,34H,14H2,1-4H3,(H,31,37)(H,30,33,36)/t16-,22+,24+,26+,28+,43?/m0/s1. The first-order valence-corrected chi connectivity index (χ1v) is 15.0. The van der Waals surface area contributed by atoms with Crippen LogP contribution in [0.15, 0.2) is 68.7 Å². The minimum Gasteiger partial charge on any atom is -0.462 e. The Balaban J connectivity index is 1.40. The molecule has 0 bridgehead atoms. The highest BCUT2D eigenvalue weighted by Gasteiger charge is 2.56. The molecule has 13 nitrogen and oxygen atoms in total. The van der Waals surface area contributed by atoms with Crippen molar-refractivity contribution >= 4 is 35.7 Å². The molecule has 15 heteroatoms. The van der Waals surface area contributed by atoms with Crippen LogP contribution >= 0.6 is 7.75 Å². The number of aliphatic hydroxyl groups excluding tert-OH is 1. The van der Waals surface area contributed by atoms with Crippen molar-refractivity contribution in [2.45, 2.75) is 63.9 Å². The summed E-state index contributed by atoms with van der Waals surface area (Å²) >= 11 is 0. The molecule has 230 valence electrons. The number of alkyl halides is 1. The molecule has 0 saturated carbocycles. The Morgan fingerprint density at radius 1 is 1.16 bits per heavy atom. The summed E-state index contributed by atoms with van der Waals surface area (Å²) in [6, 6.07) is 12.0. The van der Waals surface area contributed by atoms with Crippen LogP contribution in [0.1, 0.15) is 33.9 Å². The number of para-hydroxylation sites is 1. The first kappa shape index (κ1) is 30.6. The summed E-state index contributed by atoms with van der Waals surface area (Å²) in [7, 11) is -4.46. The molecule has 43 heavy (non-hydrogen) atoms. The fourth-order valence-electron chi connectivity index (χ4n) is 4.75. The molecule has 3 N–H and O–H groups in total. The van der Waals surface area contributed by atoms with Crippen molar-refractivity contribution in [1.82, 2.24) is 14.6 Å². The van der Waals surface area contributed by atoms with E-state index in [1.54, 1.807) is 26.0 Å². The molecule has 0 aliphatic carbocycles. The van der Waals surface area contributed by atoms with E-state index >= 15 is 4.39 Å². The Bertz CT molecular complexity index is 1820. The van der Waals surface area contributed by atoms with Crippen LogP contribution in [-0.4, -0.2) is 57.3 Å². The highest BCUT2D eigenvalue weighted by atomic mass is 31.2. The van der Waals surface area contributed by atoms with E-state index in [0.717, 1.165) is 34.5 Å². The van der Waals surface area contributed by atoms with E-state index in [1.807, 2.05) is 23.2 Å². The molecular formula is C28H31FN3O10P. The van der Waals surface area contributed by atoms with Crippen LogP contribution < -0.4 is 20.9 Å². The SMILES string of the molecule is CC(C)OC(=O)[C@H](C)NP(=O)(OC[C@H]1O[C@@H](n2ccc(=O)[nH]c2=O)[C@](C)(F)[C@@H]1O)Oc1ccc2c(c1)oc1ccccc12. The molecule has 1 unspecified atom stereocenters. The average molecular weight is 620 g/mol. The highest BCUT2D eigenvalue weighted by Crippen LogP contribution is 2.48. The van der Waals surface area contributed by atoms with Gasteiger partial charge in [0.15, 0.2) is 11.9 Å². The van der Waals surface area contributed by atoms with Crippen LogP contribution in [0.5, 0.6) is 5.75 Å². The lowest BCUT2D eigenvalue weighted by atomic mass is 9.98. The molecule has 3 heterocycles. The zero-order valence-electron chi connectivity index (χ0n) is 23.7. The molecule has 6 atom stereocenters. The van der Waals surface area contributed by atoms with Gasteiger partial charge in [-0.2, -0.15) is 5.09 Å². The van der Waals surface area contributed by atoms with Crippen molar-refractivity contribution in [3.63, 3.8) is 0 Å². The molecule has 2 aromatic heterocycles. The molecule has 4 aromatic rings. The van der Waals surface area contributed by atoms with Gasteiger partial charge in [0.25, 0.3) is 5.56 Å². The Morgan fingerprint density at radius 2 is 1.88 bits per heavy atom. The second-order valence-corrected chi connectivity index (χ2v) is 12.3. The van der Waals surface area contributed by atoms with E-state index in [0.29, 0.717) is 11.2 Å². The van der Waals surface area contributed by atoms with Gasteiger partial charge in [0, 0.05) is 29.1 Å². The lowest BCUT2D eigenvalue weighted by molar-refractivity contribution is -0.149. The number of rotatable bonds is 10. The molecule has 1 fully saturated rings. The number of aliphatic hydroxyl groups is 1.